The van der Waals surface area contributed by atoms with Crippen molar-refractivity contribution in [3.8, 4) is 0 Å². The topological polar surface area (TPSA) is 77.4 Å². The smallest absolute Gasteiger partial charge is 0.195 e. The molecule has 98 valence electrons. The Kier molecular flexibility index (Phi) is 5.04. The average molecular weight is 243 g/mol. The number of carboxylic acid groups (broad SMARTS) is 1. The van der Waals surface area contributed by atoms with Crippen LogP contribution in [0.1, 0.15) is 20.3 Å². The molecule has 0 aliphatic carbocycles. The summed E-state index contributed by atoms with van der Waals surface area (Å²) in [4.78, 5) is 22.7. The first kappa shape index (κ1) is 15.8. The number of aliphatic hydroxyl groups is 1. The summed E-state index contributed by atoms with van der Waals surface area (Å²) in [7, 11) is 5.33. The predicted molar refractivity (Wildman–Crippen MR) is 61.9 cm³/mol. The maximum absolute atomic E-state index is 12.0. The highest BCUT2D eigenvalue weighted by Crippen LogP contribution is 2.19. The van der Waals surface area contributed by atoms with Gasteiger partial charge in [-0.3, -0.25) is 4.79 Å². The van der Waals surface area contributed by atoms with Crippen molar-refractivity contribution in [3.05, 3.63) is 11.6 Å². The van der Waals surface area contributed by atoms with Crippen LogP contribution in [-0.2, 0) is 9.59 Å². The third-order valence-corrected chi connectivity index (χ3v) is 2.39. The second-order valence-electron chi connectivity index (χ2n) is 5.33. The molecule has 0 aromatic rings. The maximum Gasteiger partial charge on any atom is 0.195 e. The fourth-order valence-corrected chi connectivity index (χ4v) is 1.73. The minimum Gasteiger partial charge on any atom is -0.550 e. The molecule has 0 saturated carbocycles. The molecule has 0 aliphatic heterocycles. The van der Waals surface area contributed by atoms with Crippen LogP contribution in [0.5, 0.6) is 0 Å². The summed E-state index contributed by atoms with van der Waals surface area (Å²) in [5.41, 5.74) is -1.56. The van der Waals surface area contributed by atoms with Crippen LogP contribution in [0.15, 0.2) is 11.6 Å². The summed E-state index contributed by atoms with van der Waals surface area (Å²) < 4.78 is 0.284. The molecule has 0 amide bonds. The molecule has 1 atom stereocenters. The van der Waals surface area contributed by atoms with E-state index in [9.17, 15) is 19.8 Å². The second kappa shape index (κ2) is 5.42. The van der Waals surface area contributed by atoms with Gasteiger partial charge in [0.05, 0.1) is 21.1 Å². The first-order valence-electron chi connectivity index (χ1n) is 5.42. The number of ketones is 1. The van der Waals surface area contributed by atoms with E-state index in [1.165, 1.54) is 0 Å². The molecule has 0 aromatic carbocycles. The van der Waals surface area contributed by atoms with E-state index in [1.54, 1.807) is 41.1 Å². The lowest BCUT2D eigenvalue weighted by Crippen LogP contribution is -2.56. The van der Waals surface area contributed by atoms with Crippen LogP contribution in [0.2, 0.25) is 0 Å². The average Bonchev–Trinajstić information content (AvgIpc) is 2.10. The van der Waals surface area contributed by atoms with Crippen molar-refractivity contribution in [2.24, 2.45) is 0 Å². The molecular formula is C12H21NO4. The van der Waals surface area contributed by atoms with Crippen molar-refractivity contribution in [1.29, 1.82) is 0 Å². The van der Waals surface area contributed by atoms with Crippen LogP contribution in [0.25, 0.3) is 0 Å². The Morgan fingerprint density at radius 1 is 1.35 bits per heavy atom. The summed E-state index contributed by atoms with van der Waals surface area (Å²) in [6.45, 7) is 3.24. The fourth-order valence-electron chi connectivity index (χ4n) is 1.73. The molecule has 0 rings (SSSR count). The quantitative estimate of drug-likeness (QED) is 0.484. The van der Waals surface area contributed by atoms with Gasteiger partial charge in [0.2, 0.25) is 0 Å². The molecule has 0 radical (unpaired) electrons. The normalized spacial score (nSPS) is 16.5. The fraction of sp³-hybridized carbons (Fsp3) is 0.667. The van der Waals surface area contributed by atoms with Gasteiger partial charge in [-0.25, -0.2) is 0 Å². The van der Waals surface area contributed by atoms with Gasteiger partial charge < -0.3 is 19.5 Å². The molecule has 5 heteroatoms. The number of rotatable bonds is 6. The van der Waals surface area contributed by atoms with Gasteiger partial charge in [-0.1, -0.05) is 6.08 Å². The van der Waals surface area contributed by atoms with E-state index in [-0.39, 0.29) is 11.0 Å². The van der Waals surface area contributed by atoms with Gasteiger partial charge in [0.15, 0.2) is 11.4 Å². The number of nitrogens with zero attached hydrogens (tertiary/aromatic N) is 1. The number of quaternary nitrogens is 1. The van der Waals surface area contributed by atoms with Crippen LogP contribution in [-0.4, -0.2) is 54.6 Å². The van der Waals surface area contributed by atoms with Crippen LogP contribution in [0, 0.1) is 0 Å². The number of aliphatic carboxylic acids is 1. The highest BCUT2D eigenvalue weighted by Gasteiger charge is 2.41. The molecule has 0 aliphatic rings. The van der Waals surface area contributed by atoms with Crippen LogP contribution in [0.4, 0.5) is 0 Å². The van der Waals surface area contributed by atoms with Gasteiger partial charge in [0, 0.05) is 12.4 Å². The van der Waals surface area contributed by atoms with Crippen molar-refractivity contribution in [1.82, 2.24) is 0 Å². The molecule has 5 nitrogen and oxygen atoms in total. The van der Waals surface area contributed by atoms with Gasteiger partial charge in [0.25, 0.3) is 0 Å². The Balaban J connectivity index is 5.24. The number of carbonyl (C=O) groups excluding carboxylic acids is 2. The molecule has 0 heterocycles. The molecule has 17 heavy (non-hydrogen) atoms. The molecule has 0 bridgehead atoms. The largest absolute Gasteiger partial charge is 0.550 e. The van der Waals surface area contributed by atoms with Crippen LogP contribution >= 0.6 is 0 Å². The molecule has 1 N–H and O–H groups in total. The number of Topliss-reactive ketones (excluding diaryl/α,β-unsaturated/α-hetero) is 1. The summed E-state index contributed by atoms with van der Waals surface area (Å²) in [5.74, 6) is -1.99. The monoisotopic (exact) mass is 243 g/mol. The Morgan fingerprint density at radius 2 is 1.82 bits per heavy atom. The minimum atomic E-state index is -1.91. The number of allylic oxidation sites excluding steroid dienone is 1. The maximum atomic E-state index is 12.0. The Morgan fingerprint density at radius 3 is 2.12 bits per heavy atom. The number of hydrogen-bond donors (Lipinski definition) is 1. The molecule has 0 fully saturated rings. The third-order valence-electron chi connectivity index (χ3n) is 2.39. The first-order chi connectivity index (χ1) is 7.52. The summed E-state index contributed by atoms with van der Waals surface area (Å²) in [6, 6.07) is 0. The lowest BCUT2D eigenvalue weighted by molar-refractivity contribution is -0.875. The van der Waals surface area contributed by atoms with Crippen molar-refractivity contribution in [2.45, 2.75) is 25.9 Å². The van der Waals surface area contributed by atoms with Crippen molar-refractivity contribution < 1.29 is 24.3 Å². The van der Waals surface area contributed by atoms with Gasteiger partial charge in [-0.2, -0.15) is 0 Å². The van der Waals surface area contributed by atoms with Crippen molar-refractivity contribution in [2.75, 3.05) is 27.7 Å². The van der Waals surface area contributed by atoms with Crippen molar-refractivity contribution >= 4 is 11.8 Å². The Bertz CT molecular complexity index is 341. The van der Waals surface area contributed by atoms with Gasteiger partial charge in [-0.05, 0) is 19.4 Å². The minimum absolute atomic E-state index is 0.0188. The summed E-state index contributed by atoms with van der Waals surface area (Å²) >= 11 is 0. The predicted octanol–water partition coefficient (Wildman–Crippen LogP) is -0.901. The molecule has 0 spiro atoms. The highest BCUT2D eigenvalue weighted by atomic mass is 16.4. The number of hydrogen-bond acceptors (Lipinski definition) is 4. The van der Waals surface area contributed by atoms with E-state index in [4.69, 9.17) is 0 Å². The number of carbonyl (C=O) groups is 2. The number of carboxylic acids is 1. The highest BCUT2D eigenvalue weighted by molar-refractivity contribution is 6.02. The zero-order valence-corrected chi connectivity index (χ0v) is 11.1. The number of likely N-dealkylation sites (N-methyl/N-ethyl adjacent to an activating group) is 1. The SMILES string of the molecule is CC=C(C)C(=O)C(O)(CC(=O)[O-])C[N+](C)(C)C. The summed E-state index contributed by atoms with van der Waals surface area (Å²) in [5, 5.41) is 20.9. The Labute approximate surface area is 102 Å². The standard InChI is InChI=1S/C12H21NO4/c1-6-9(2)11(16)12(17,7-10(14)15)8-13(3,4)5/h6,17H,7-8H2,1-5H3. The lowest BCUT2D eigenvalue weighted by atomic mass is 9.89. The van der Waals surface area contributed by atoms with Crippen molar-refractivity contribution in [3.63, 3.8) is 0 Å². The zero-order chi connectivity index (χ0) is 13.9. The van der Waals surface area contributed by atoms with E-state index < -0.39 is 23.8 Å². The summed E-state index contributed by atoms with van der Waals surface area (Å²) in [6.07, 6.45) is 0.866. The lowest BCUT2D eigenvalue weighted by Gasteiger charge is -2.35. The van der Waals surface area contributed by atoms with Gasteiger partial charge >= 0.3 is 0 Å². The van der Waals surface area contributed by atoms with Crippen LogP contribution in [0.3, 0.4) is 0 Å². The molecule has 1 unspecified atom stereocenters. The molecule has 0 saturated heterocycles. The van der Waals surface area contributed by atoms with Gasteiger partial charge in [0.1, 0.15) is 6.54 Å². The Hall–Kier alpha value is -1.20. The van der Waals surface area contributed by atoms with E-state index in [0.717, 1.165) is 0 Å². The van der Waals surface area contributed by atoms with E-state index in [1.807, 2.05) is 0 Å². The molecular weight excluding hydrogens is 222 g/mol. The van der Waals surface area contributed by atoms with E-state index >= 15 is 0 Å². The third kappa shape index (κ3) is 5.10. The zero-order valence-electron chi connectivity index (χ0n) is 11.1. The van der Waals surface area contributed by atoms with E-state index in [0.29, 0.717) is 5.57 Å². The van der Waals surface area contributed by atoms with Crippen LogP contribution < -0.4 is 5.11 Å². The second-order valence-corrected chi connectivity index (χ2v) is 5.33. The molecule has 0 aromatic heterocycles. The first-order valence-corrected chi connectivity index (χ1v) is 5.42. The van der Waals surface area contributed by atoms with Gasteiger partial charge in [-0.15, -0.1) is 0 Å². The van der Waals surface area contributed by atoms with E-state index in [2.05, 4.69) is 0 Å².